The average Bonchev–Trinajstić information content (AvgIpc) is 2.92. The van der Waals surface area contributed by atoms with Gasteiger partial charge in [0.25, 0.3) is 0 Å². The summed E-state index contributed by atoms with van der Waals surface area (Å²) in [5.74, 6) is -1.86. The molecule has 0 radical (unpaired) electrons. The minimum atomic E-state index is -4.93. The van der Waals surface area contributed by atoms with Crippen LogP contribution in [0.4, 0.5) is 19.0 Å². The fourth-order valence-electron chi connectivity index (χ4n) is 5.33. The molecular weight excluding hydrogens is 497 g/mol. The minimum Gasteiger partial charge on any atom is -0.335 e. The number of halogens is 3. The molecule has 1 fully saturated rings. The molecule has 4 heterocycles. The Hall–Kier alpha value is -3.95. The van der Waals surface area contributed by atoms with Crippen LogP contribution in [0.15, 0.2) is 54.7 Å². The number of amides is 3. The Kier molecular flexibility index (Phi) is 6.81. The average molecular weight is 525 g/mol. The van der Waals surface area contributed by atoms with E-state index in [9.17, 15) is 27.6 Å². The van der Waals surface area contributed by atoms with E-state index < -0.39 is 17.5 Å². The molecule has 1 N–H and O–H groups in total. The molecule has 0 bridgehead atoms. The van der Waals surface area contributed by atoms with Crippen LogP contribution in [0.25, 0.3) is 11.6 Å². The zero-order chi connectivity index (χ0) is 26.9. The highest BCUT2D eigenvalue weighted by molar-refractivity contribution is 5.98. The van der Waals surface area contributed by atoms with E-state index in [4.69, 9.17) is 0 Å². The maximum Gasteiger partial charge on any atom is 0.471 e. The quantitative estimate of drug-likeness (QED) is 0.614. The highest BCUT2D eigenvalue weighted by Crippen LogP contribution is 2.41. The smallest absolute Gasteiger partial charge is 0.335 e. The van der Waals surface area contributed by atoms with Gasteiger partial charge in [0.2, 0.25) is 11.8 Å². The molecule has 38 heavy (non-hydrogen) atoms. The number of anilines is 1. The van der Waals surface area contributed by atoms with E-state index in [-0.39, 0.29) is 37.7 Å². The summed E-state index contributed by atoms with van der Waals surface area (Å²) < 4.78 is 38.4. The Bertz CT molecular complexity index is 1310. The fourth-order valence-corrected chi connectivity index (χ4v) is 5.33. The minimum absolute atomic E-state index is 0.113. The SMILES string of the molecule is O=C(/C=C/c1cnc2c(c1)CC1(CCN(C(=O)C(F)(F)F)CC1)C(=O)N2)N1CC=C(c2ccccc2)CC1. The van der Waals surface area contributed by atoms with E-state index in [0.717, 1.165) is 22.4 Å². The largest absolute Gasteiger partial charge is 0.471 e. The van der Waals surface area contributed by atoms with Gasteiger partial charge in [0, 0.05) is 38.5 Å². The van der Waals surface area contributed by atoms with Crippen LogP contribution in [-0.2, 0) is 20.8 Å². The van der Waals surface area contributed by atoms with Crippen LogP contribution in [0.3, 0.4) is 0 Å². The summed E-state index contributed by atoms with van der Waals surface area (Å²) in [6, 6.07) is 11.9. The highest BCUT2D eigenvalue weighted by atomic mass is 19.4. The number of pyridine rings is 1. The molecule has 0 aliphatic carbocycles. The van der Waals surface area contributed by atoms with Crippen molar-refractivity contribution in [2.24, 2.45) is 5.41 Å². The van der Waals surface area contributed by atoms with E-state index in [1.54, 1.807) is 17.2 Å². The summed E-state index contributed by atoms with van der Waals surface area (Å²) in [5.41, 5.74) is 2.93. The second-order valence-electron chi connectivity index (χ2n) is 9.94. The summed E-state index contributed by atoms with van der Waals surface area (Å²) in [6.45, 7) is 0.866. The molecule has 198 valence electrons. The topological polar surface area (TPSA) is 82.6 Å². The van der Waals surface area contributed by atoms with Crippen LogP contribution in [0.5, 0.6) is 0 Å². The Morgan fingerprint density at radius 3 is 2.45 bits per heavy atom. The molecule has 0 atom stereocenters. The summed E-state index contributed by atoms with van der Waals surface area (Å²) >= 11 is 0. The molecule has 1 spiro atoms. The lowest BCUT2D eigenvalue weighted by Crippen LogP contribution is -2.53. The highest BCUT2D eigenvalue weighted by Gasteiger charge is 2.49. The summed E-state index contributed by atoms with van der Waals surface area (Å²) in [4.78, 5) is 44.1. The van der Waals surface area contributed by atoms with Gasteiger partial charge in [-0.3, -0.25) is 14.4 Å². The number of rotatable bonds is 3. The molecule has 1 aromatic heterocycles. The summed E-state index contributed by atoms with van der Waals surface area (Å²) in [7, 11) is 0. The number of aromatic nitrogens is 1. The maximum absolute atomic E-state index is 12.9. The third kappa shape index (κ3) is 5.20. The van der Waals surface area contributed by atoms with Gasteiger partial charge < -0.3 is 15.1 Å². The van der Waals surface area contributed by atoms with Gasteiger partial charge in [-0.2, -0.15) is 13.2 Å². The second-order valence-corrected chi connectivity index (χ2v) is 9.94. The lowest BCUT2D eigenvalue weighted by Gasteiger charge is -2.43. The first-order chi connectivity index (χ1) is 18.1. The lowest BCUT2D eigenvalue weighted by molar-refractivity contribution is -0.187. The Morgan fingerprint density at radius 1 is 1.05 bits per heavy atom. The van der Waals surface area contributed by atoms with Gasteiger partial charge >= 0.3 is 12.1 Å². The molecule has 1 saturated heterocycles. The molecule has 10 heteroatoms. The van der Waals surface area contributed by atoms with Crippen LogP contribution in [0.1, 0.15) is 36.0 Å². The Morgan fingerprint density at radius 2 is 1.79 bits per heavy atom. The number of nitrogens with one attached hydrogen (secondary N) is 1. The van der Waals surface area contributed by atoms with Gasteiger partial charge in [-0.15, -0.1) is 0 Å². The van der Waals surface area contributed by atoms with Crippen molar-refractivity contribution in [1.82, 2.24) is 14.8 Å². The third-order valence-corrected chi connectivity index (χ3v) is 7.56. The van der Waals surface area contributed by atoms with Crippen LogP contribution < -0.4 is 5.32 Å². The molecule has 3 aliphatic rings. The van der Waals surface area contributed by atoms with E-state index in [1.165, 1.54) is 11.6 Å². The molecule has 2 aromatic rings. The van der Waals surface area contributed by atoms with Gasteiger partial charge in [0.1, 0.15) is 5.82 Å². The normalized spacial score (nSPS) is 19.2. The molecular formula is C28H27F3N4O3. The van der Waals surface area contributed by atoms with E-state index in [2.05, 4.69) is 28.5 Å². The number of likely N-dealkylation sites (tertiary alicyclic amines) is 1. The number of alkyl halides is 3. The first kappa shape index (κ1) is 25.7. The first-order valence-corrected chi connectivity index (χ1v) is 12.5. The van der Waals surface area contributed by atoms with Gasteiger partial charge in [0.05, 0.1) is 5.41 Å². The summed E-state index contributed by atoms with van der Waals surface area (Å²) in [5, 5.41) is 2.77. The number of piperidine rings is 1. The van der Waals surface area contributed by atoms with Crippen molar-refractivity contribution in [1.29, 1.82) is 0 Å². The molecule has 3 amide bonds. The van der Waals surface area contributed by atoms with Crippen molar-refractivity contribution >= 4 is 35.2 Å². The van der Waals surface area contributed by atoms with Crippen molar-refractivity contribution in [2.75, 3.05) is 31.5 Å². The monoisotopic (exact) mass is 524 g/mol. The number of benzene rings is 1. The lowest BCUT2D eigenvalue weighted by atomic mass is 9.71. The van der Waals surface area contributed by atoms with Crippen molar-refractivity contribution < 1.29 is 27.6 Å². The van der Waals surface area contributed by atoms with Crippen molar-refractivity contribution in [2.45, 2.75) is 31.9 Å². The Balaban J connectivity index is 1.23. The number of nitrogens with zero attached hydrogens (tertiary/aromatic N) is 3. The predicted molar refractivity (Wildman–Crippen MR) is 136 cm³/mol. The van der Waals surface area contributed by atoms with Gasteiger partial charge in [-0.05, 0) is 60.1 Å². The fraction of sp³-hybridized carbons (Fsp3) is 0.357. The maximum atomic E-state index is 12.9. The van der Waals surface area contributed by atoms with Gasteiger partial charge in [-0.25, -0.2) is 4.98 Å². The van der Waals surface area contributed by atoms with E-state index in [1.807, 2.05) is 24.3 Å². The van der Waals surface area contributed by atoms with E-state index in [0.29, 0.717) is 30.9 Å². The second kappa shape index (κ2) is 10.1. The zero-order valence-electron chi connectivity index (χ0n) is 20.6. The molecule has 5 rings (SSSR count). The van der Waals surface area contributed by atoms with Gasteiger partial charge in [-0.1, -0.05) is 36.4 Å². The summed E-state index contributed by atoms with van der Waals surface area (Å²) in [6.07, 6.45) is 3.24. The number of fused-ring (bicyclic) bond motifs is 1. The first-order valence-electron chi connectivity index (χ1n) is 12.5. The number of carbonyl (C=O) groups excluding carboxylic acids is 3. The zero-order valence-corrected chi connectivity index (χ0v) is 20.6. The predicted octanol–water partition coefficient (Wildman–Crippen LogP) is 4.08. The molecule has 0 unspecified atom stereocenters. The number of hydrogen-bond acceptors (Lipinski definition) is 4. The van der Waals surface area contributed by atoms with Crippen molar-refractivity contribution in [3.05, 3.63) is 71.4 Å². The molecule has 3 aliphatic heterocycles. The van der Waals surface area contributed by atoms with E-state index >= 15 is 0 Å². The third-order valence-electron chi connectivity index (χ3n) is 7.56. The van der Waals surface area contributed by atoms with Gasteiger partial charge in [0.15, 0.2) is 0 Å². The molecule has 1 aromatic carbocycles. The van der Waals surface area contributed by atoms with Crippen LogP contribution in [0, 0.1) is 5.41 Å². The Labute approximate surface area is 218 Å². The van der Waals surface area contributed by atoms with Crippen LogP contribution >= 0.6 is 0 Å². The van der Waals surface area contributed by atoms with Crippen LogP contribution in [-0.4, -0.2) is 64.9 Å². The number of carbonyl (C=O) groups is 3. The molecule has 7 nitrogen and oxygen atoms in total. The number of hydrogen-bond donors (Lipinski definition) is 1. The van der Waals surface area contributed by atoms with Crippen molar-refractivity contribution in [3.8, 4) is 0 Å². The molecule has 0 saturated carbocycles. The standard InChI is InChI=1S/C28H27F3N4O3/c29-28(30,31)26(38)35-14-10-27(11-15-35)17-22-16-19(18-32-24(22)33-25(27)37)6-7-23(36)34-12-8-21(9-13-34)20-4-2-1-3-5-20/h1-8,16,18H,9-15,17H2,(H,32,33,37)/b7-6+. The van der Waals surface area contributed by atoms with Crippen molar-refractivity contribution in [3.63, 3.8) is 0 Å². The van der Waals surface area contributed by atoms with Crippen LogP contribution in [0.2, 0.25) is 0 Å².